The van der Waals surface area contributed by atoms with Crippen molar-refractivity contribution < 1.29 is 0 Å². The van der Waals surface area contributed by atoms with E-state index in [0.29, 0.717) is 12.1 Å². The van der Waals surface area contributed by atoms with E-state index in [1.165, 1.54) is 12.8 Å². The van der Waals surface area contributed by atoms with E-state index in [9.17, 15) is 0 Å². The number of nitrogens with zero attached hydrogens (tertiary/aromatic N) is 2. The van der Waals surface area contributed by atoms with Gasteiger partial charge in [-0.15, -0.1) is 0 Å². The van der Waals surface area contributed by atoms with Gasteiger partial charge >= 0.3 is 0 Å². The highest BCUT2D eigenvalue weighted by molar-refractivity contribution is 4.85. The van der Waals surface area contributed by atoms with E-state index < -0.39 is 0 Å². The Kier molecular flexibility index (Phi) is 5.19. The molecule has 1 aromatic rings. The Hall–Kier alpha value is -0.830. The van der Waals surface area contributed by atoms with Gasteiger partial charge in [-0.1, -0.05) is 34.1 Å². The Balaban J connectivity index is 2.61. The lowest BCUT2D eigenvalue weighted by Gasteiger charge is -2.34. The van der Waals surface area contributed by atoms with Gasteiger partial charge < -0.3 is 9.88 Å². The Morgan fingerprint density at radius 3 is 2.53 bits per heavy atom. The highest BCUT2D eigenvalue weighted by atomic mass is 15.1. The minimum Gasteiger partial charge on any atom is -0.336 e. The third-order valence-corrected chi connectivity index (χ3v) is 3.21. The summed E-state index contributed by atoms with van der Waals surface area (Å²) in [6.45, 7) is 12.4. The van der Waals surface area contributed by atoms with Gasteiger partial charge in [-0.25, -0.2) is 4.98 Å². The standard InChI is InChI=1S/C14H27N3/c1-6-7-12(2)16-13(14(3,4)5)10-17-9-8-15-11-17/h8-9,11-13,16H,6-7,10H2,1-5H3. The second-order valence-electron chi connectivity index (χ2n) is 6.03. The lowest BCUT2D eigenvalue weighted by molar-refractivity contribution is 0.221. The van der Waals surface area contributed by atoms with Crippen LogP contribution in [0.1, 0.15) is 47.5 Å². The van der Waals surface area contributed by atoms with Crippen molar-refractivity contribution in [3.63, 3.8) is 0 Å². The van der Waals surface area contributed by atoms with Crippen LogP contribution >= 0.6 is 0 Å². The summed E-state index contributed by atoms with van der Waals surface area (Å²) in [7, 11) is 0. The zero-order valence-electron chi connectivity index (χ0n) is 11.9. The number of rotatable bonds is 6. The molecule has 1 aromatic heterocycles. The highest BCUT2D eigenvalue weighted by Gasteiger charge is 2.25. The molecule has 2 atom stereocenters. The summed E-state index contributed by atoms with van der Waals surface area (Å²) in [5, 5.41) is 3.75. The molecular weight excluding hydrogens is 210 g/mol. The van der Waals surface area contributed by atoms with Crippen molar-refractivity contribution in [1.29, 1.82) is 0 Å². The highest BCUT2D eigenvalue weighted by Crippen LogP contribution is 2.21. The van der Waals surface area contributed by atoms with Crippen molar-refractivity contribution in [3.8, 4) is 0 Å². The first kappa shape index (κ1) is 14.2. The summed E-state index contributed by atoms with van der Waals surface area (Å²) in [6.07, 6.45) is 8.23. The van der Waals surface area contributed by atoms with E-state index in [0.717, 1.165) is 6.54 Å². The van der Waals surface area contributed by atoms with Gasteiger partial charge in [0.15, 0.2) is 0 Å². The molecule has 0 radical (unpaired) electrons. The zero-order chi connectivity index (χ0) is 12.9. The van der Waals surface area contributed by atoms with Crippen LogP contribution < -0.4 is 5.32 Å². The largest absolute Gasteiger partial charge is 0.336 e. The van der Waals surface area contributed by atoms with E-state index >= 15 is 0 Å². The third kappa shape index (κ3) is 4.90. The first-order valence-corrected chi connectivity index (χ1v) is 6.65. The smallest absolute Gasteiger partial charge is 0.0946 e. The Bertz CT molecular complexity index is 298. The van der Waals surface area contributed by atoms with Gasteiger partial charge in [-0.05, 0) is 18.8 Å². The van der Waals surface area contributed by atoms with E-state index in [2.05, 4.69) is 49.5 Å². The van der Waals surface area contributed by atoms with E-state index in [4.69, 9.17) is 0 Å². The Morgan fingerprint density at radius 2 is 2.06 bits per heavy atom. The maximum absolute atomic E-state index is 4.11. The van der Waals surface area contributed by atoms with Crippen LogP contribution in [0.2, 0.25) is 0 Å². The summed E-state index contributed by atoms with van der Waals surface area (Å²) in [6, 6.07) is 1.05. The number of hydrogen-bond acceptors (Lipinski definition) is 2. The van der Waals surface area contributed by atoms with Crippen molar-refractivity contribution in [1.82, 2.24) is 14.9 Å². The van der Waals surface area contributed by atoms with Crippen LogP contribution in [0.5, 0.6) is 0 Å². The van der Waals surface area contributed by atoms with Crippen molar-refractivity contribution in [2.45, 2.75) is 66.1 Å². The Labute approximate surface area is 106 Å². The lowest BCUT2D eigenvalue weighted by atomic mass is 9.86. The summed E-state index contributed by atoms with van der Waals surface area (Å²) in [5.74, 6) is 0. The minimum absolute atomic E-state index is 0.256. The van der Waals surface area contributed by atoms with Gasteiger partial charge in [0.25, 0.3) is 0 Å². The second kappa shape index (κ2) is 6.20. The van der Waals surface area contributed by atoms with Gasteiger partial charge in [0.1, 0.15) is 0 Å². The fourth-order valence-corrected chi connectivity index (χ4v) is 2.04. The van der Waals surface area contributed by atoms with Crippen LogP contribution in [0.3, 0.4) is 0 Å². The summed E-state index contributed by atoms with van der Waals surface area (Å²) < 4.78 is 2.15. The zero-order valence-corrected chi connectivity index (χ0v) is 11.9. The molecule has 1 N–H and O–H groups in total. The van der Waals surface area contributed by atoms with Gasteiger partial charge in [0, 0.05) is 31.0 Å². The average molecular weight is 237 g/mol. The van der Waals surface area contributed by atoms with Crippen molar-refractivity contribution >= 4 is 0 Å². The van der Waals surface area contributed by atoms with E-state index in [1.807, 2.05) is 18.7 Å². The molecule has 98 valence electrons. The molecule has 17 heavy (non-hydrogen) atoms. The fraction of sp³-hybridized carbons (Fsp3) is 0.786. The molecule has 0 bridgehead atoms. The molecule has 0 saturated heterocycles. The Morgan fingerprint density at radius 1 is 1.35 bits per heavy atom. The molecule has 0 aliphatic heterocycles. The SMILES string of the molecule is CCCC(C)NC(Cn1ccnc1)C(C)(C)C. The molecule has 1 heterocycles. The summed E-state index contributed by atoms with van der Waals surface area (Å²) in [4.78, 5) is 4.11. The number of nitrogens with one attached hydrogen (secondary N) is 1. The lowest BCUT2D eigenvalue weighted by Crippen LogP contribution is -2.47. The number of aromatic nitrogens is 2. The van der Waals surface area contributed by atoms with Crippen LogP contribution in [0.25, 0.3) is 0 Å². The molecule has 1 rings (SSSR count). The van der Waals surface area contributed by atoms with Crippen molar-refractivity contribution in [2.75, 3.05) is 0 Å². The first-order chi connectivity index (χ1) is 7.93. The van der Waals surface area contributed by atoms with Crippen LogP contribution in [0.15, 0.2) is 18.7 Å². The van der Waals surface area contributed by atoms with Gasteiger partial charge in [0.05, 0.1) is 6.33 Å². The molecular formula is C14H27N3. The summed E-state index contributed by atoms with van der Waals surface area (Å²) in [5.41, 5.74) is 0.256. The molecule has 0 amide bonds. The molecule has 0 aliphatic rings. The topological polar surface area (TPSA) is 29.9 Å². The molecule has 3 nitrogen and oxygen atoms in total. The normalized spacial score (nSPS) is 15.8. The molecule has 0 spiro atoms. The third-order valence-electron chi connectivity index (χ3n) is 3.21. The second-order valence-corrected chi connectivity index (χ2v) is 6.03. The summed E-state index contributed by atoms with van der Waals surface area (Å²) >= 11 is 0. The quantitative estimate of drug-likeness (QED) is 0.824. The molecule has 0 aliphatic carbocycles. The monoisotopic (exact) mass is 237 g/mol. The molecule has 2 unspecified atom stereocenters. The molecule has 0 fully saturated rings. The number of hydrogen-bond donors (Lipinski definition) is 1. The van der Waals surface area contributed by atoms with Crippen molar-refractivity contribution in [3.05, 3.63) is 18.7 Å². The maximum Gasteiger partial charge on any atom is 0.0946 e. The number of imidazole rings is 1. The van der Waals surface area contributed by atoms with Gasteiger partial charge in [0.2, 0.25) is 0 Å². The predicted molar refractivity (Wildman–Crippen MR) is 73.0 cm³/mol. The van der Waals surface area contributed by atoms with Crippen LogP contribution in [-0.4, -0.2) is 21.6 Å². The molecule has 0 aromatic carbocycles. The maximum atomic E-state index is 4.11. The van der Waals surface area contributed by atoms with Gasteiger partial charge in [-0.3, -0.25) is 0 Å². The van der Waals surface area contributed by atoms with Crippen molar-refractivity contribution in [2.24, 2.45) is 5.41 Å². The van der Waals surface area contributed by atoms with Crippen LogP contribution in [0.4, 0.5) is 0 Å². The van der Waals surface area contributed by atoms with E-state index in [-0.39, 0.29) is 5.41 Å². The molecule has 3 heteroatoms. The van der Waals surface area contributed by atoms with Crippen LogP contribution in [0, 0.1) is 5.41 Å². The predicted octanol–water partition coefficient (Wildman–Crippen LogP) is 3.08. The fourth-order valence-electron chi connectivity index (χ4n) is 2.04. The van der Waals surface area contributed by atoms with Crippen LogP contribution in [-0.2, 0) is 6.54 Å². The minimum atomic E-state index is 0.256. The van der Waals surface area contributed by atoms with Gasteiger partial charge in [-0.2, -0.15) is 0 Å². The van der Waals surface area contributed by atoms with E-state index in [1.54, 1.807) is 0 Å². The molecule has 0 saturated carbocycles. The first-order valence-electron chi connectivity index (χ1n) is 6.65. The average Bonchev–Trinajstić information content (AvgIpc) is 2.68.